The van der Waals surface area contributed by atoms with Gasteiger partial charge >= 0.3 is 0 Å². The number of anilines is 2. The zero-order valence-electron chi connectivity index (χ0n) is 9.15. The topological polar surface area (TPSA) is 24.9 Å². The highest BCUT2D eigenvalue weighted by Gasteiger charge is 2.07. The molecule has 3 rings (SSSR count). The third-order valence-electron chi connectivity index (χ3n) is 2.49. The van der Waals surface area contributed by atoms with Crippen molar-refractivity contribution in [2.75, 3.05) is 5.32 Å². The van der Waals surface area contributed by atoms with Crippen molar-refractivity contribution < 1.29 is 0 Å². The second-order valence-electron chi connectivity index (χ2n) is 3.71. The number of benzene rings is 2. The van der Waals surface area contributed by atoms with Gasteiger partial charge < -0.3 is 5.32 Å². The third-order valence-corrected chi connectivity index (χ3v) is 4.84. The maximum Gasteiger partial charge on any atom is 0.188 e. The van der Waals surface area contributed by atoms with Gasteiger partial charge in [0.15, 0.2) is 5.13 Å². The van der Waals surface area contributed by atoms with Crippen molar-refractivity contribution in [2.45, 2.75) is 0 Å². The summed E-state index contributed by atoms with van der Waals surface area (Å²) >= 11 is 11.1. The fourth-order valence-corrected chi connectivity index (χ4v) is 3.06. The van der Waals surface area contributed by atoms with Crippen LogP contribution in [0.3, 0.4) is 0 Å². The molecule has 0 aliphatic rings. The molecular weight excluding hydrogens is 332 g/mol. The van der Waals surface area contributed by atoms with E-state index >= 15 is 0 Å². The van der Waals surface area contributed by atoms with Gasteiger partial charge in [0.1, 0.15) is 0 Å². The maximum atomic E-state index is 6.05. The van der Waals surface area contributed by atoms with Gasteiger partial charge in [-0.05, 0) is 40.2 Å². The van der Waals surface area contributed by atoms with E-state index in [1.165, 1.54) is 0 Å². The van der Waals surface area contributed by atoms with E-state index in [0.717, 1.165) is 25.5 Å². The molecule has 0 atom stereocenters. The lowest BCUT2D eigenvalue weighted by atomic mass is 10.3. The Balaban J connectivity index is 1.99. The van der Waals surface area contributed by atoms with Gasteiger partial charge in [-0.25, -0.2) is 4.98 Å². The molecule has 90 valence electrons. The molecule has 5 heteroatoms. The molecule has 0 unspecified atom stereocenters. The van der Waals surface area contributed by atoms with Gasteiger partial charge in [-0.2, -0.15) is 0 Å². The SMILES string of the molecule is Clc1cccc(Nc2nc3ccccc3s2)c1Br. The van der Waals surface area contributed by atoms with Crippen LogP contribution >= 0.6 is 38.9 Å². The zero-order valence-corrected chi connectivity index (χ0v) is 12.3. The van der Waals surface area contributed by atoms with E-state index in [-0.39, 0.29) is 0 Å². The molecule has 0 saturated carbocycles. The summed E-state index contributed by atoms with van der Waals surface area (Å²) in [5, 5.41) is 4.82. The molecule has 2 nitrogen and oxygen atoms in total. The van der Waals surface area contributed by atoms with Gasteiger partial charge in [-0.1, -0.05) is 41.1 Å². The Morgan fingerprint density at radius 2 is 1.94 bits per heavy atom. The fraction of sp³-hybridized carbons (Fsp3) is 0. The minimum absolute atomic E-state index is 0.682. The second-order valence-corrected chi connectivity index (χ2v) is 5.94. The van der Waals surface area contributed by atoms with E-state index in [0.29, 0.717) is 5.02 Å². The molecule has 2 aromatic carbocycles. The van der Waals surface area contributed by atoms with E-state index in [9.17, 15) is 0 Å². The Bertz CT molecular complexity index is 678. The van der Waals surface area contributed by atoms with Crippen molar-refractivity contribution in [3.8, 4) is 0 Å². The Kier molecular flexibility index (Phi) is 3.24. The summed E-state index contributed by atoms with van der Waals surface area (Å²) in [7, 11) is 0. The maximum absolute atomic E-state index is 6.05. The van der Waals surface area contributed by atoms with Crippen LogP contribution in [0.2, 0.25) is 5.02 Å². The molecule has 1 heterocycles. The highest BCUT2D eigenvalue weighted by Crippen LogP contribution is 2.34. The highest BCUT2D eigenvalue weighted by molar-refractivity contribution is 9.10. The van der Waals surface area contributed by atoms with Crippen LogP contribution in [-0.2, 0) is 0 Å². The number of aromatic nitrogens is 1. The summed E-state index contributed by atoms with van der Waals surface area (Å²) in [4.78, 5) is 4.52. The summed E-state index contributed by atoms with van der Waals surface area (Å²) in [6, 6.07) is 13.8. The van der Waals surface area contributed by atoms with E-state index in [1.54, 1.807) is 11.3 Å². The van der Waals surface area contributed by atoms with Crippen LogP contribution in [0, 0.1) is 0 Å². The van der Waals surface area contributed by atoms with Crippen LogP contribution in [0.15, 0.2) is 46.9 Å². The van der Waals surface area contributed by atoms with Crippen molar-refractivity contribution >= 4 is 59.9 Å². The number of para-hydroxylation sites is 1. The molecule has 18 heavy (non-hydrogen) atoms. The van der Waals surface area contributed by atoms with Gasteiger partial charge in [-0.15, -0.1) is 0 Å². The lowest BCUT2D eigenvalue weighted by Crippen LogP contribution is -1.90. The first kappa shape index (κ1) is 12.0. The molecule has 0 aliphatic heterocycles. The lowest BCUT2D eigenvalue weighted by Gasteiger charge is -2.05. The minimum Gasteiger partial charge on any atom is -0.331 e. The normalized spacial score (nSPS) is 10.8. The largest absolute Gasteiger partial charge is 0.331 e. The first-order valence-corrected chi connectivity index (χ1v) is 7.29. The standard InChI is InChI=1S/C13H8BrClN2S/c14-12-8(15)4-3-6-10(12)17-13-16-9-5-1-2-7-11(9)18-13/h1-7H,(H,16,17). The first-order valence-electron chi connectivity index (χ1n) is 5.30. The Labute approximate surface area is 122 Å². The third kappa shape index (κ3) is 2.23. The molecule has 0 bridgehead atoms. The molecule has 0 fully saturated rings. The molecule has 0 amide bonds. The average molecular weight is 340 g/mol. The van der Waals surface area contributed by atoms with Crippen molar-refractivity contribution in [3.63, 3.8) is 0 Å². The predicted octanol–water partition coefficient (Wildman–Crippen LogP) is 5.46. The number of thiazole rings is 1. The van der Waals surface area contributed by atoms with Crippen LogP contribution in [-0.4, -0.2) is 4.98 Å². The second kappa shape index (κ2) is 4.88. The molecule has 3 aromatic rings. The van der Waals surface area contributed by atoms with Crippen molar-refractivity contribution in [2.24, 2.45) is 0 Å². The highest BCUT2D eigenvalue weighted by atomic mass is 79.9. The number of hydrogen-bond donors (Lipinski definition) is 1. The molecule has 1 N–H and O–H groups in total. The summed E-state index contributed by atoms with van der Waals surface area (Å²) in [5.74, 6) is 0. The van der Waals surface area contributed by atoms with E-state index in [4.69, 9.17) is 11.6 Å². The number of fused-ring (bicyclic) bond motifs is 1. The van der Waals surface area contributed by atoms with Gasteiger partial charge in [0.05, 0.1) is 25.4 Å². The monoisotopic (exact) mass is 338 g/mol. The minimum atomic E-state index is 0.682. The summed E-state index contributed by atoms with van der Waals surface area (Å²) in [5.41, 5.74) is 1.92. The van der Waals surface area contributed by atoms with Gasteiger partial charge in [0.2, 0.25) is 0 Å². The number of hydrogen-bond acceptors (Lipinski definition) is 3. The summed E-state index contributed by atoms with van der Waals surface area (Å²) in [6.45, 7) is 0. The Morgan fingerprint density at radius 3 is 2.78 bits per heavy atom. The van der Waals surface area contributed by atoms with Gasteiger partial charge in [-0.3, -0.25) is 0 Å². The van der Waals surface area contributed by atoms with E-state index in [1.807, 2.05) is 36.4 Å². The van der Waals surface area contributed by atoms with Gasteiger partial charge in [0.25, 0.3) is 0 Å². The van der Waals surface area contributed by atoms with Crippen LogP contribution in [0.5, 0.6) is 0 Å². The smallest absolute Gasteiger partial charge is 0.188 e. The predicted molar refractivity (Wildman–Crippen MR) is 82.1 cm³/mol. The Hall–Kier alpha value is -1.10. The fourth-order valence-electron chi connectivity index (χ4n) is 1.64. The number of nitrogens with one attached hydrogen (secondary N) is 1. The van der Waals surface area contributed by atoms with Crippen LogP contribution in [0.4, 0.5) is 10.8 Å². The summed E-state index contributed by atoms with van der Waals surface area (Å²) < 4.78 is 2.02. The average Bonchev–Trinajstić information content (AvgIpc) is 2.77. The van der Waals surface area contributed by atoms with Crippen molar-refractivity contribution in [1.29, 1.82) is 0 Å². The van der Waals surface area contributed by atoms with Crippen LogP contribution < -0.4 is 5.32 Å². The number of nitrogens with zero attached hydrogens (tertiary/aromatic N) is 1. The number of halogens is 2. The quantitative estimate of drug-likeness (QED) is 0.671. The molecule has 1 aromatic heterocycles. The van der Waals surface area contributed by atoms with Crippen molar-refractivity contribution in [1.82, 2.24) is 4.98 Å². The van der Waals surface area contributed by atoms with Crippen molar-refractivity contribution in [3.05, 3.63) is 52.0 Å². The van der Waals surface area contributed by atoms with Gasteiger partial charge in [0, 0.05) is 0 Å². The van der Waals surface area contributed by atoms with E-state index in [2.05, 4.69) is 32.3 Å². The molecule has 0 aliphatic carbocycles. The van der Waals surface area contributed by atoms with Crippen LogP contribution in [0.25, 0.3) is 10.2 Å². The Morgan fingerprint density at radius 1 is 1.11 bits per heavy atom. The summed E-state index contributed by atoms with van der Waals surface area (Å²) in [6.07, 6.45) is 0. The molecule has 0 radical (unpaired) electrons. The zero-order chi connectivity index (χ0) is 12.5. The van der Waals surface area contributed by atoms with Crippen LogP contribution in [0.1, 0.15) is 0 Å². The molecular formula is C13H8BrClN2S. The lowest BCUT2D eigenvalue weighted by molar-refractivity contribution is 1.43. The molecule has 0 spiro atoms. The number of rotatable bonds is 2. The molecule has 0 saturated heterocycles. The first-order chi connectivity index (χ1) is 8.74. The van der Waals surface area contributed by atoms with E-state index < -0.39 is 0 Å².